The zero-order chi connectivity index (χ0) is 25.6. The number of benzene rings is 1. The number of rotatable bonds is 6. The molecule has 3 fully saturated rings. The Hall–Kier alpha value is -2.69. The van der Waals surface area contributed by atoms with Crippen molar-refractivity contribution < 1.29 is 4.74 Å². The molecular formula is C28H36N8OS. The molecule has 0 spiro atoms. The van der Waals surface area contributed by atoms with Crippen LogP contribution in [0.15, 0.2) is 24.3 Å². The molecule has 0 amide bonds. The van der Waals surface area contributed by atoms with Crippen molar-refractivity contribution in [1.29, 1.82) is 0 Å². The number of ether oxygens (including phenoxy) is 1. The van der Waals surface area contributed by atoms with Crippen LogP contribution in [0.25, 0.3) is 28.1 Å². The van der Waals surface area contributed by atoms with Crippen LogP contribution in [0.5, 0.6) is 0 Å². The lowest BCUT2D eigenvalue weighted by atomic mass is 9.92. The molecule has 4 aromatic rings. The lowest BCUT2D eigenvalue weighted by Gasteiger charge is -2.45. The molecule has 38 heavy (non-hydrogen) atoms. The normalized spacial score (nSPS) is 20.0. The largest absolute Gasteiger partial charge is 0.378 e. The molecule has 0 bridgehead atoms. The van der Waals surface area contributed by atoms with Gasteiger partial charge in [-0.25, -0.2) is 9.97 Å². The monoisotopic (exact) mass is 532 g/mol. The average Bonchev–Trinajstić information content (AvgIpc) is 3.48. The second-order valence-corrected chi connectivity index (χ2v) is 12.0. The van der Waals surface area contributed by atoms with Crippen molar-refractivity contribution in [2.24, 2.45) is 13.0 Å². The van der Waals surface area contributed by atoms with Crippen molar-refractivity contribution in [3.8, 4) is 5.95 Å². The van der Waals surface area contributed by atoms with Crippen LogP contribution in [0.4, 0.5) is 5.82 Å². The first-order chi connectivity index (χ1) is 18.7. The first kappa shape index (κ1) is 24.4. The van der Waals surface area contributed by atoms with Gasteiger partial charge in [0.2, 0.25) is 5.95 Å². The Balaban J connectivity index is 1.26. The van der Waals surface area contributed by atoms with Gasteiger partial charge in [0, 0.05) is 52.1 Å². The smallest absolute Gasteiger partial charge is 0.239 e. The number of hydrogen-bond donors (Lipinski definition) is 0. The van der Waals surface area contributed by atoms with Gasteiger partial charge in [-0.2, -0.15) is 21.7 Å². The number of hydrogen-bond acceptors (Lipinski definition) is 8. The minimum Gasteiger partial charge on any atom is -0.378 e. The summed E-state index contributed by atoms with van der Waals surface area (Å²) in [5.41, 5.74) is 3.80. The van der Waals surface area contributed by atoms with Crippen LogP contribution in [0, 0.1) is 5.92 Å². The average molecular weight is 533 g/mol. The number of thioether (sulfide) groups is 1. The van der Waals surface area contributed by atoms with Crippen molar-refractivity contribution in [1.82, 2.24) is 34.0 Å². The topological polar surface area (TPSA) is 77.1 Å². The number of imidazole rings is 2. The first-order valence-electron chi connectivity index (χ1n) is 14.0. The standard InChI is InChI=1S/C28H36N8OS/c1-3-23-29-21-6-4-5-7-22(21)36(23)28-31-26-25(27(32-28)34-10-12-37-13-11-34)30-24(33(26)2)16-19-17-35(18-19)20-8-14-38-15-9-20/h4-7,19-20H,3,8-18H2,1-2H3. The molecule has 10 heteroatoms. The van der Waals surface area contributed by atoms with E-state index in [1.807, 2.05) is 6.07 Å². The van der Waals surface area contributed by atoms with Gasteiger partial charge < -0.3 is 14.2 Å². The molecule has 0 saturated carbocycles. The van der Waals surface area contributed by atoms with E-state index >= 15 is 0 Å². The van der Waals surface area contributed by atoms with E-state index in [0.717, 1.165) is 71.6 Å². The first-order valence-corrected chi connectivity index (χ1v) is 15.2. The molecule has 0 unspecified atom stereocenters. The highest BCUT2D eigenvalue weighted by atomic mass is 32.2. The fraction of sp³-hybridized carbons (Fsp3) is 0.571. The molecule has 3 saturated heterocycles. The van der Waals surface area contributed by atoms with E-state index in [1.165, 1.54) is 37.4 Å². The Kier molecular flexibility index (Phi) is 6.49. The van der Waals surface area contributed by atoms with Crippen molar-refractivity contribution in [3.05, 3.63) is 35.9 Å². The van der Waals surface area contributed by atoms with E-state index in [9.17, 15) is 0 Å². The van der Waals surface area contributed by atoms with Crippen LogP contribution in [-0.4, -0.2) is 90.9 Å². The fourth-order valence-electron chi connectivity index (χ4n) is 6.24. The number of anilines is 1. The van der Waals surface area contributed by atoms with Gasteiger partial charge in [-0.05, 0) is 42.4 Å². The van der Waals surface area contributed by atoms with E-state index in [-0.39, 0.29) is 0 Å². The summed E-state index contributed by atoms with van der Waals surface area (Å²) in [7, 11) is 2.12. The Labute approximate surface area is 227 Å². The summed E-state index contributed by atoms with van der Waals surface area (Å²) < 4.78 is 9.99. The van der Waals surface area contributed by atoms with Gasteiger partial charge >= 0.3 is 0 Å². The second kappa shape index (κ2) is 10.1. The van der Waals surface area contributed by atoms with Gasteiger partial charge in [0.1, 0.15) is 11.6 Å². The van der Waals surface area contributed by atoms with Crippen LogP contribution in [0.3, 0.4) is 0 Å². The number of likely N-dealkylation sites (tertiary alicyclic amines) is 1. The maximum atomic E-state index is 5.66. The Morgan fingerprint density at radius 3 is 2.55 bits per heavy atom. The van der Waals surface area contributed by atoms with Crippen LogP contribution in [0.1, 0.15) is 31.4 Å². The zero-order valence-electron chi connectivity index (χ0n) is 22.3. The summed E-state index contributed by atoms with van der Waals surface area (Å²) in [6, 6.07) is 9.03. The van der Waals surface area contributed by atoms with Gasteiger partial charge in [-0.1, -0.05) is 19.1 Å². The maximum Gasteiger partial charge on any atom is 0.239 e. The number of morpholine rings is 1. The number of para-hydroxylation sites is 2. The molecule has 0 radical (unpaired) electrons. The van der Waals surface area contributed by atoms with Gasteiger partial charge in [0.05, 0.1) is 24.2 Å². The molecule has 6 heterocycles. The van der Waals surface area contributed by atoms with E-state index in [2.05, 4.69) is 62.9 Å². The minimum atomic E-state index is 0.656. The predicted octanol–water partition coefficient (Wildman–Crippen LogP) is 3.47. The number of nitrogens with zero attached hydrogens (tertiary/aromatic N) is 8. The lowest BCUT2D eigenvalue weighted by Crippen LogP contribution is -2.53. The molecule has 9 nitrogen and oxygen atoms in total. The SMILES string of the molecule is CCc1nc2ccccc2n1-c1nc(N2CCOCC2)c2nc(CC3CN(C4CCSCC4)C3)n(C)c2n1. The van der Waals surface area contributed by atoms with Crippen LogP contribution < -0.4 is 4.90 Å². The minimum absolute atomic E-state index is 0.656. The quantitative estimate of drug-likeness (QED) is 0.374. The summed E-state index contributed by atoms with van der Waals surface area (Å²) in [5.74, 6) is 6.94. The molecule has 3 aliphatic rings. The Morgan fingerprint density at radius 2 is 1.76 bits per heavy atom. The summed E-state index contributed by atoms with van der Waals surface area (Å²) in [4.78, 5) is 25.4. The summed E-state index contributed by atoms with van der Waals surface area (Å²) in [5, 5.41) is 0. The summed E-state index contributed by atoms with van der Waals surface area (Å²) in [6.07, 6.45) is 4.47. The molecule has 200 valence electrons. The molecule has 3 aliphatic heterocycles. The number of aryl methyl sites for hydroxylation is 2. The van der Waals surface area contributed by atoms with E-state index in [0.29, 0.717) is 25.1 Å². The van der Waals surface area contributed by atoms with Crippen LogP contribution >= 0.6 is 11.8 Å². The molecule has 0 aliphatic carbocycles. The molecule has 7 rings (SSSR count). The highest BCUT2D eigenvalue weighted by Gasteiger charge is 2.34. The Morgan fingerprint density at radius 1 is 0.974 bits per heavy atom. The van der Waals surface area contributed by atoms with Gasteiger partial charge in [-0.3, -0.25) is 9.47 Å². The van der Waals surface area contributed by atoms with Gasteiger partial charge in [-0.15, -0.1) is 0 Å². The van der Waals surface area contributed by atoms with Crippen molar-refractivity contribution in [2.45, 2.75) is 38.6 Å². The summed E-state index contributed by atoms with van der Waals surface area (Å²) >= 11 is 2.10. The van der Waals surface area contributed by atoms with Crippen LogP contribution in [0.2, 0.25) is 0 Å². The number of fused-ring (bicyclic) bond motifs is 2. The van der Waals surface area contributed by atoms with E-state index < -0.39 is 0 Å². The highest BCUT2D eigenvalue weighted by Crippen LogP contribution is 2.32. The predicted molar refractivity (Wildman–Crippen MR) is 152 cm³/mol. The molecule has 3 aromatic heterocycles. The lowest BCUT2D eigenvalue weighted by molar-refractivity contribution is 0.0475. The van der Waals surface area contributed by atoms with E-state index in [4.69, 9.17) is 24.7 Å². The van der Waals surface area contributed by atoms with Crippen molar-refractivity contribution >= 4 is 39.8 Å². The zero-order valence-corrected chi connectivity index (χ0v) is 23.2. The molecule has 0 atom stereocenters. The summed E-state index contributed by atoms with van der Waals surface area (Å²) in [6.45, 7) is 7.52. The number of aromatic nitrogens is 6. The van der Waals surface area contributed by atoms with Crippen LogP contribution in [-0.2, 0) is 24.6 Å². The molecule has 0 N–H and O–H groups in total. The fourth-order valence-corrected chi connectivity index (χ4v) is 7.32. The second-order valence-electron chi connectivity index (χ2n) is 10.8. The van der Waals surface area contributed by atoms with Gasteiger partial charge in [0.15, 0.2) is 17.0 Å². The van der Waals surface area contributed by atoms with E-state index in [1.54, 1.807) is 0 Å². The third-order valence-corrected chi connectivity index (χ3v) is 9.45. The third kappa shape index (κ3) is 4.26. The molecular weight excluding hydrogens is 496 g/mol. The highest BCUT2D eigenvalue weighted by molar-refractivity contribution is 7.99. The van der Waals surface area contributed by atoms with Gasteiger partial charge in [0.25, 0.3) is 0 Å². The third-order valence-electron chi connectivity index (χ3n) is 8.40. The molecule has 1 aromatic carbocycles. The Bertz CT molecular complexity index is 1450. The van der Waals surface area contributed by atoms with Crippen molar-refractivity contribution in [3.63, 3.8) is 0 Å². The van der Waals surface area contributed by atoms with Crippen molar-refractivity contribution in [2.75, 3.05) is 55.8 Å². The maximum absolute atomic E-state index is 5.66.